The molecule has 0 atom stereocenters. The Morgan fingerprint density at radius 3 is 2.06 bits per heavy atom. The van der Waals surface area contributed by atoms with Gasteiger partial charge < -0.3 is 4.42 Å². The molecule has 8 heteroatoms. The third kappa shape index (κ3) is 2.46. The number of halogens is 5. The molecule has 3 nitrogen and oxygen atoms in total. The molecule has 2 rings (SSSR count). The van der Waals surface area contributed by atoms with E-state index in [4.69, 9.17) is 27.6 Å². The van der Waals surface area contributed by atoms with E-state index in [2.05, 4.69) is 57.8 Å². The number of rotatable bonds is 1. The average molecular weight is 452 g/mol. The molecule has 0 radical (unpaired) electrons. The largest absolute Gasteiger partial charge is 0.445 e. The first-order valence-corrected chi connectivity index (χ1v) is 6.96. The van der Waals surface area contributed by atoms with Gasteiger partial charge in [-0.05, 0) is 47.8 Å². The van der Waals surface area contributed by atoms with Crippen molar-refractivity contribution in [3.8, 4) is 11.6 Å². The van der Waals surface area contributed by atoms with Crippen molar-refractivity contribution >= 4 is 71.0 Å². The summed E-state index contributed by atoms with van der Waals surface area (Å²) in [6, 6.07) is 1.72. The Morgan fingerprint density at radius 2 is 1.62 bits per heavy atom. The van der Waals surface area contributed by atoms with Crippen LogP contribution in [0.3, 0.4) is 0 Å². The molecule has 0 fully saturated rings. The summed E-state index contributed by atoms with van der Waals surface area (Å²) in [5.41, 5.74) is 0. The predicted octanol–water partition coefficient (Wildman–Crippen LogP) is 5.33. The number of furan rings is 1. The third-order valence-corrected chi connectivity index (χ3v) is 5.10. The maximum Gasteiger partial charge on any atom is 0.198 e. The summed E-state index contributed by atoms with van der Waals surface area (Å²) in [5, 5.41) is 0.470. The van der Waals surface area contributed by atoms with Gasteiger partial charge in [-0.25, -0.2) is 9.97 Å². The van der Waals surface area contributed by atoms with Crippen molar-refractivity contribution in [2.24, 2.45) is 0 Å². The SMILES string of the molecule is Clc1nc(-c2cc(Br)c(Br)o2)nc(Cl)c1Br. The Morgan fingerprint density at radius 1 is 1.06 bits per heavy atom. The van der Waals surface area contributed by atoms with E-state index in [-0.39, 0.29) is 10.3 Å². The molecule has 0 saturated heterocycles. The van der Waals surface area contributed by atoms with Crippen molar-refractivity contribution < 1.29 is 4.42 Å². The molecule has 0 amide bonds. The van der Waals surface area contributed by atoms with Gasteiger partial charge in [-0.1, -0.05) is 23.2 Å². The van der Waals surface area contributed by atoms with Gasteiger partial charge in [0.25, 0.3) is 0 Å². The molecule has 0 aliphatic heterocycles. The maximum atomic E-state index is 5.87. The zero-order valence-corrected chi connectivity index (χ0v) is 13.5. The van der Waals surface area contributed by atoms with Gasteiger partial charge in [-0.15, -0.1) is 0 Å². The third-order valence-electron chi connectivity index (χ3n) is 1.64. The second-order valence-electron chi connectivity index (χ2n) is 2.68. The molecule has 0 N–H and O–H groups in total. The van der Waals surface area contributed by atoms with Crippen LogP contribution in [-0.4, -0.2) is 9.97 Å². The maximum absolute atomic E-state index is 5.87. The molecule has 0 aromatic carbocycles. The van der Waals surface area contributed by atoms with E-state index in [0.29, 0.717) is 20.7 Å². The normalized spacial score (nSPS) is 10.8. The van der Waals surface area contributed by atoms with Crippen LogP contribution in [0, 0.1) is 0 Å². The monoisotopic (exact) mass is 448 g/mol. The van der Waals surface area contributed by atoms with E-state index < -0.39 is 0 Å². The van der Waals surface area contributed by atoms with Crippen LogP contribution in [0.2, 0.25) is 10.3 Å². The highest BCUT2D eigenvalue weighted by atomic mass is 79.9. The van der Waals surface area contributed by atoms with Crippen molar-refractivity contribution in [2.75, 3.05) is 0 Å². The number of hydrogen-bond donors (Lipinski definition) is 0. The van der Waals surface area contributed by atoms with E-state index >= 15 is 0 Å². The fourth-order valence-electron chi connectivity index (χ4n) is 0.961. The van der Waals surface area contributed by atoms with Crippen LogP contribution < -0.4 is 0 Å². The topological polar surface area (TPSA) is 38.9 Å². The quantitative estimate of drug-likeness (QED) is 0.550. The van der Waals surface area contributed by atoms with Gasteiger partial charge in [0.05, 0.1) is 8.95 Å². The summed E-state index contributed by atoms with van der Waals surface area (Å²) in [5.74, 6) is 0.791. The van der Waals surface area contributed by atoms with Crippen LogP contribution in [0.15, 0.2) is 24.1 Å². The molecule has 84 valence electrons. The van der Waals surface area contributed by atoms with Gasteiger partial charge in [0, 0.05) is 6.07 Å². The van der Waals surface area contributed by atoms with Crippen molar-refractivity contribution in [3.05, 3.63) is 30.0 Å². The summed E-state index contributed by atoms with van der Waals surface area (Å²) in [4.78, 5) is 8.09. The molecule has 0 spiro atoms. The summed E-state index contributed by atoms with van der Waals surface area (Å²) < 4.78 is 7.15. The number of hydrogen-bond acceptors (Lipinski definition) is 3. The standard InChI is InChI=1S/C8HBr3Cl2N2O/c9-2-1-3(16-5(2)11)8-14-6(12)4(10)7(13)15-8/h1H. The highest BCUT2D eigenvalue weighted by molar-refractivity contribution is 9.13. The van der Waals surface area contributed by atoms with E-state index in [9.17, 15) is 0 Å². The second kappa shape index (κ2) is 4.94. The van der Waals surface area contributed by atoms with Crippen LogP contribution in [0.5, 0.6) is 0 Å². The Hall–Kier alpha value is 0.380. The summed E-state index contributed by atoms with van der Waals surface area (Å²) >= 11 is 21.4. The first kappa shape index (κ1) is 12.8. The van der Waals surface area contributed by atoms with Crippen LogP contribution in [0.1, 0.15) is 0 Å². The zero-order chi connectivity index (χ0) is 11.9. The number of nitrogens with zero attached hydrogens (tertiary/aromatic N) is 2. The molecule has 0 aliphatic rings. The molecule has 0 bridgehead atoms. The van der Waals surface area contributed by atoms with Gasteiger partial charge in [0.1, 0.15) is 10.3 Å². The minimum atomic E-state index is 0.235. The van der Waals surface area contributed by atoms with Gasteiger partial charge >= 0.3 is 0 Å². The summed E-state index contributed by atoms with van der Waals surface area (Å²) in [6.07, 6.45) is 0. The van der Waals surface area contributed by atoms with E-state index in [1.54, 1.807) is 6.07 Å². The van der Waals surface area contributed by atoms with Gasteiger partial charge in [-0.3, -0.25) is 0 Å². The van der Waals surface area contributed by atoms with Crippen LogP contribution in [-0.2, 0) is 0 Å². The predicted molar refractivity (Wildman–Crippen MR) is 72.9 cm³/mol. The molecule has 16 heavy (non-hydrogen) atoms. The molecule has 0 aliphatic carbocycles. The van der Waals surface area contributed by atoms with Crippen LogP contribution in [0.4, 0.5) is 0 Å². The molecule has 0 saturated carbocycles. The Balaban J connectivity index is 2.56. The summed E-state index contributed by atoms with van der Waals surface area (Å²) in [7, 11) is 0. The van der Waals surface area contributed by atoms with Crippen LogP contribution >= 0.6 is 71.0 Å². The molecule has 0 unspecified atom stereocenters. The molecule has 2 aromatic heterocycles. The Kier molecular flexibility index (Phi) is 3.96. The second-order valence-corrected chi connectivity index (χ2v) is 5.76. The number of aromatic nitrogens is 2. The van der Waals surface area contributed by atoms with Crippen molar-refractivity contribution in [1.29, 1.82) is 0 Å². The minimum absolute atomic E-state index is 0.235. The fraction of sp³-hybridized carbons (Fsp3) is 0. The molecular formula is C8HBr3Cl2N2O. The summed E-state index contributed by atoms with van der Waals surface area (Å²) in [6.45, 7) is 0. The van der Waals surface area contributed by atoms with E-state index in [0.717, 1.165) is 4.47 Å². The molecule has 2 heterocycles. The lowest BCUT2D eigenvalue weighted by molar-refractivity contribution is 0.549. The first-order valence-electron chi connectivity index (χ1n) is 3.82. The molecule has 2 aromatic rings. The highest BCUT2D eigenvalue weighted by Crippen LogP contribution is 2.34. The van der Waals surface area contributed by atoms with Crippen molar-refractivity contribution in [2.45, 2.75) is 0 Å². The van der Waals surface area contributed by atoms with Crippen molar-refractivity contribution in [1.82, 2.24) is 9.97 Å². The van der Waals surface area contributed by atoms with E-state index in [1.165, 1.54) is 0 Å². The van der Waals surface area contributed by atoms with Gasteiger partial charge in [0.15, 0.2) is 16.3 Å². The highest BCUT2D eigenvalue weighted by Gasteiger charge is 2.15. The zero-order valence-electron chi connectivity index (χ0n) is 7.27. The molecular weight excluding hydrogens is 451 g/mol. The Bertz CT molecular complexity index is 516. The Labute approximate surface area is 126 Å². The van der Waals surface area contributed by atoms with Gasteiger partial charge in [-0.2, -0.15) is 0 Å². The smallest absolute Gasteiger partial charge is 0.198 e. The minimum Gasteiger partial charge on any atom is -0.445 e. The van der Waals surface area contributed by atoms with Gasteiger partial charge in [0.2, 0.25) is 0 Å². The lowest BCUT2D eigenvalue weighted by Gasteiger charge is -2.00. The lowest BCUT2D eigenvalue weighted by Crippen LogP contribution is -1.90. The first-order chi connectivity index (χ1) is 7.49. The van der Waals surface area contributed by atoms with E-state index in [1.807, 2.05) is 0 Å². The van der Waals surface area contributed by atoms with Crippen LogP contribution in [0.25, 0.3) is 11.6 Å². The average Bonchev–Trinajstić information content (AvgIpc) is 2.55. The lowest BCUT2D eigenvalue weighted by atomic mass is 10.4. The fourth-order valence-corrected chi connectivity index (χ4v) is 2.10. The van der Waals surface area contributed by atoms with Crippen molar-refractivity contribution in [3.63, 3.8) is 0 Å².